The van der Waals surface area contributed by atoms with Crippen molar-refractivity contribution in [1.29, 1.82) is 0 Å². The van der Waals surface area contributed by atoms with Gasteiger partial charge in [-0.25, -0.2) is 4.79 Å². The summed E-state index contributed by atoms with van der Waals surface area (Å²) >= 11 is 0. The average molecular weight is 150 g/mol. The Kier molecular flexibility index (Phi) is 2.11. The molecule has 1 aromatic carbocycles. The number of hydrogen-bond acceptors (Lipinski definition) is 1. The summed E-state index contributed by atoms with van der Waals surface area (Å²) in [5, 5.41) is 8.54. The molecule has 3 nitrogen and oxygen atoms in total. The highest BCUT2D eigenvalue weighted by Gasteiger charge is 2.05. The Balaban J connectivity index is 2.85. The summed E-state index contributed by atoms with van der Waals surface area (Å²) in [6.07, 6.45) is -0.979. The number of anilines is 1. The van der Waals surface area contributed by atoms with Crippen molar-refractivity contribution in [3.05, 3.63) is 30.3 Å². The molecule has 0 bridgehead atoms. The molecule has 0 saturated carbocycles. The molecule has 0 unspecified atom stereocenters. The molecule has 0 saturated heterocycles. The molecule has 0 fully saturated rings. The quantitative estimate of drug-likeness (QED) is 0.660. The Morgan fingerprint density at radius 1 is 1.64 bits per heavy atom. The number of para-hydroxylation sites is 1. The van der Waals surface area contributed by atoms with E-state index in [-0.39, 0.29) is 0 Å². The highest BCUT2D eigenvalue weighted by molar-refractivity contribution is 5.84. The van der Waals surface area contributed by atoms with Gasteiger partial charge >= 0.3 is 6.09 Å². The van der Waals surface area contributed by atoms with Gasteiger partial charge in [0.25, 0.3) is 0 Å². The van der Waals surface area contributed by atoms with Crippen molar-refractivity contribution in [3.8, 4) is 0 Å². The summed E-state index contributed by atoms with van der Waals surface area (Å²) in [6.45, 7) is 0. The van der Waals surface area contributed by atoms with Crippen molar-refractivity contribution in [3.63, 3.8) is 0 Å². The lowest BCUT2D eigenvalue weighted by atomic mass is 10.3. The normalized spacial score (nSPS) is 9.18. The van der Waals surface area contributed by atoms with E-state index in [0.717, 1.165) is 4.90 Å². The maximum absolute atomic E-state index is 10.4. The molecule has 0 spiro atoms. The Bertz CT molecular complexity index is 246. The van der Waals surface area contributed by atoms with E-state index in [2.05, 4.69) is 6.07 Å². The average Bonchev–Trinajstić information content (AvgIpc) is 2.05. The van der Waals surface area contributed by atoms with Crippen LogP contribution in [0.25, 0.3) is 0 Å². The molecule has 0 aromatic heterocycles. The molecule has 1 N–H and O–H groups in total. The standard InChI is InChI=1S/C8H8NO2/c1-9(8(10)11)7-5-3-2-4-6-7/h2-5H,1H3,(H,10,11). The molecule has 3 heteroatoms. The molecular formula is C8H8NO2. The summed E-state index contributed by atoms with van der Waals surface area (Å²) in [7, 11) is 1.48. The molecule has 11 heavy (non-hydrogen) atoms. The lowest BCUT2D eigenvalue weighted by Crippen LogP contribution is -2.23. The number of carboxylic acid groups (broad SMARTS) is 1. The third-order valence-electron chi connectivity index (χ3n) is 1.34. The van der Waals surface area contributed by atoms with Gasteiger partial charge in [-0.3, -0.25) is 4.90 Å². The summed E-state index contributed by atoms with van der Waals surface area (Å²) < 4.78 is 0. The van der Waals surface area contributed by atoms with Crippen LogP contribution >= 0.6 is 0 Å². The van der Waals surface area contributed by atoms with Crippen LogP contribution in [0, 0.1) is 6.07 Å². The third kappa shape index (κ3) is 1.70. The van der Waals surface area contributed by atoms with Gasteiger partial charge in [0, 0.05) is 13.1 Å². The second kappa shape index (κ2) is 3.05. The second-order valence-corrected chi connectivity index (χ2v) is 2.09. The molecule has 57 valence electrons. The first-order valence-corrected chi connectivity index (χ1v) is 3.15. The van der Waals surface area contributed by atoms with Gasteiger partial charge in [-0.1, -0.05) is 18.2 Å². The highest BCUT2D eigenvalue weighted by Crippen LogP contribution is 2.09. The third-order valence-corrected chi connectivity index (χ3v) is 1.34. The summed E-state index contributed by atoms with van der Waals surface area (Å²) in [5.74, 6) is 0. The van der Waals surface area contributed by atoms with Gasteiger partial charge in [0.05, 0.1) is 5.69 Å². The molecule has 0 aliphatic carbocycles. The van der Waals surface area contributed by atoms with E-state index in [1.807, 2.05) is 0 Å². The lowest BCUT2D eigenvalue weighted by Gasteiger charge is -2.11. The minimum atomic E-state index is -0.979. The minimum Gasteiger partial charge on any atom is -0.465 e. The van der Waals surface area contributed by atoms with E-state index >= 15 is 0 Å². The van der Waals surface area contributed by atoms with Crippen molar-refractivity contribution in [2.45, 2.75) is 0 Å². The van der Waals surface area contributed by atoms with Crippen molar-refractivity contribution < 1.29 is 9.90 Å². The zero-order chi connectivity index (χ0) is 8.27. The van der Waals surface area contributed by atoms with E-state index in [9.17, 15) is 4.79 Å². The van der Waals surface area contributed by atoms with Gasteiger partial charge < -0.3 is 5.11 Å². The van der Waals surface area contributed by atoms with Crippen LogP contribution in [0.4, 0.5) is 10.5 Å². The van der Waals surface area contributed by atoms with E-state index in [1.54, 1.807) is 24.3 Å². The highest BCUT2D eigenvalue weighted by atomic mass is 16.4. The number of amides is 1. The Morgan fingerprint density at radius 2 is 2.36 bits per heavy atom. The van der Waals surface area contributed by atoms with Gasteiger partial charge in [-0.2, -0.15) is 0 Å². The maximum atomic E-state index is 10.4. The first kappa shape index (κ1) is 7.60. The predicted octanol–water partition coefficient (Wildman–Crippen LogP) is 1.60. The molecule has 1 rings (SSSR count). The number of hydrogen-bond donors (Lipinski definition) is 1. The van der Waals surface area contributed by atoms with Crippen LogP contribution in [0.2, 0.25) is 0 Å². The second-order valence-electron chi connectivity index (χ2n) is 2.09. The number of rotatable bonds is 1. The topological polar surface area (TPSA) is 40.5 Å². The predicted molar refractivity (Wildman–Crippen MR) is 41.7 cm³/mol. The number of benzene rings is 1. The monoisotopic (exact) mass is 150 g/mol. The summed E-state index contributed by atoms with van der Waals surface area (Å²) in [6, 6.07) is 9.72. The fraction of sp³-hybridized carbons (Fsp3) is 0.125. The number of carbonyl (C=O) groups is 1. The van der Waals surface area contributed by atoms with Gasteiger partial charge in [-0.05, 0) is 6.07 Å². The van der Waals surface area contributed by atoms with Crippen LogP contribution in [0.15, 0.2) is 24.3 Å². The maximum Gasteiger partial charge on any atom is 0.411 e. The fourth-order valence-corrected chi connectivity index (χ4v) is 0.696. The zero-order valence-electron chi connectivity index (χ0n) is 6.11. The van der Waals surface area contributed by atoms with Crippen molar-refractivity contribution in [1.82, 2.24) is 0 Å². The Hall–Kier alpha value is -1.51. The van der Waals surface area contributed by atoms with E-state index in [4.69, 9.17) is 5.11 Å². The van der Waals surface area contributed by atoms with Crippen molar-refractivity contribution >= 4 is 11.8 Å². The number of nitrogens with zero attached hydrogens (tertiary/aromatic N) is 1. The molecule has 1 amide bonds. The largest absolute Gasteiger partial charge is 0.465 e. The van der Waals surface area contributed by atoms with Crippen LogP contribution in [0.3, 0.4) is 0 Å². The molecule has 0 aliphatic heterocycles. The van der Waals surface area contributed by atoms with Crippen LogP contribution in [-0.2, 0) is 0 Å². The van der Waals surface area contributed by atoms with Gasteiger partial charge in [-0.15, -0.1) is 0 Å². The SMILES string of the molecule is CN(C(=O)O)c1[c]cccc1. The first-order valence-electron chi connectivity index (χ1n) is 3.15. The Labute approximate surface area is 64.9 Å². The van der Waals surface area contributed by atoms with Crippen LogP contribution in [0.1, 0.15) is 0 Å². The summed E-state index contributed by atoms with van der Waals surface area (Å²) in [5.41, 5.74) is 0.556. The van der Waals surface area contributed by atoms with E-state index < -0.39 is 6.09 Å². The van der Waals surface area contributed by atoms with Gasteiger partial charge in [0.2, 0.25) is 0 Å². The van der Waals surface area contributed by atoms with Gasteiger partial charge in [0.15, 0.2) is 0 Å². The molecule has 0 atom stereocenters. The summed E-state index contributed by atoms with van der Waals surface area (Å²) in [4.78, 5) is 11.5. The van der Waals surface area contributed by atoms with E-state index in [1.165, 1.54) is 7.05 Å². The van der Waals surface area contributed by atoms with Gasteiger partial charge in [0.1, 0.15) is 0 Å². The molecular weight excluding hydrogens is 142 g/mol. The van der Waals surface area contributed by atoms with Crippen LogP contribution in [0.5, 0.6) is 0 Å². The molecule has 0 aliphatic rings. The molecule has 0 heterocycles. The van der Waals surface area contributed by atoms with E-state index in [0.29, 0.717) is 5.69 Å². The van der Waals surface area contributed by atoms with Crippen LogP contribution in [-0.4, -0.2) is 18.2 Å². The Morgan fingerprint density at radius 3 is 2.82 bits per heavy atom. The van der Waals surface area contributed by atoms with Crippen molar-refractivity contribution in [2.75, 3.05) is 11.9 Å². The minimum absolute atomic E-state index is 0.556. The first-order chi connectivity index (χ1) is 5.22. The van der Waals surface area contributed by atoms with Crippen molar-refractivity contribution in [2.24, 2.45) is 0 Å². The van der Waals surface area contributed by atoms with Crippen LogP contribution < -0.4 is 4.90 Å². The lowest BCUT2D eigenvalue weighted by molar-refractivity contribution is 0.203. The molecule has 1 radical (unpaired) electrons. The zero-order valence-corrected chi connectivity index (χ0v) is 6.11. The molecule has 1 aromatic rings. The smallest absolute Gasteiger partial charge is 0.411 e. The fourth-order valence-electron chi connectivity index (χ4n) is 0.696.